The van der Waals surface area contributed by atoms with E-state index in [1.165, 1.54) is 25.9 Å². The van der Waals surface area contributed by atoms with Crippen LogP contribution in [0.5, 0.6) is 0 Å². The molecule has 1 aliphatic heterocycles. The van der Waals surface area contributed by atoms with Gasteiger partial charge < -0.3 is 10.2 Å². The standard InChI is InChI=1S/C13H23N5O/c1-11(18-8-2-3-9-18)4-5-13(19)14-7-6-12-10-15-17-16-12/h10-11H,2-9H2,1H3,(H,14,19)(H,15,16,17). The van der Waals surface area contributed by atoms with Gasteiger partial charge in [0.2, 0.25) is 5.91 Å². The second-order valence-corrected chi connectivity index (χ2v) is 5.19. The molecule has 0 radical (unpaired) electrons. The maximum Gasteiger partial charge on any atom is 0.220 e. The molecular weight excluding hydrogens is 242 g/mol. The van der Waals surface area contributed by atoms with Gasteiger partial charge >= 0.3 is 0 Å². The lowest BCUT2D eigenvalue weighted by Crippen LogP contribution is -2.32. The summed E-state index contributed by atoms with van der Waals surface area (Å²) in [7, 11) is 0. The van der Waals surface area contributed by atoms with Crippen LogP contribution in [0.1, 0.15) is 38.3 Å². The summed E-state index contributed by atoms with van der Waals surface area (Å²) < 4.78 is 0. The molecule has 0 saturated carbocycles. The fourth-order valence-electron chi connectivity index (χ4n) is 2.47. The zero-order valence-electron chi connectivity index (χ0n) is 11.6. The quantitative estimate of drug-likeness (QED) is 0.762. The lowest BCUT2D eigenvalue weighted by atomic mass is 10.1. The average molecular weight is 265 g/mol. The molecule has 0 aliphatic carbocycles. The molecule has 2 N–H and O–H groups in total. The molecule has 6 nitrogen and oxygen atoms in total. The Hall–Kier alpha value is -1.43. The van der Waals surface area contributed by atoms with Crippen molar-refractivity contribution in [3.05, 3.63) is 11.9 Å². The van der Waals surface area contributed by atoms with Crippen molar-refractivity contribution in [1.82, 2.24) is 25.6 Å². The van der Waals surface area contributed by atoms with Crippen LogP contribution in [0.2, 0.25) is 0 Å². The predicted molar refractivity (Wildman–Crippen MR) is 72.6 cm³/mol. The van der Waals surface area contributed by atoms with Gasteiger partial charge in [-0.3, -0.25) is 4.79 Å². The molecule has 1 amide bonds. The van der Waals surface area contributed by atoms with Crippen LogP contribution in [-0.4, -0.2) is 51.9 Å². The number of amides is 1. The van der Waals surface area contributed by atoms with E-state index in [0.29, 0.717) is 19.0 Å². The highest BCUT2D eigenvalue weighted by Crippen LogP contribution is 2.14. The first kappa shape index (κ1) is 14.0. The third kappa shape index (κ3) is 4.63. The summed E-state index contributed by atoms with van der Waals surface area (Å²) in [6, 6.07) is 0.517. The fourth-order valence-corrected chi connectivity index (χ4v) is 2.47. The lowest BCUT2D eigenvalue weighted by Gasteiger charge is -2.23. The largest absolute Gasteiger partial charge is 0.356 e. The summed E-state index contributed by atoms with van der Waals surface area (Å²) in [5.74, 6) is 0.134. The number of hydrogen-bond donors (Lipinski definition) is 2. The van der Waals surface area contributed by atoms with E-state index in [-0.39, 0.29) is 5.91 Å². The third-order valence-corrected chi connectivity index (χ3v) is 3.72. The maximum absolute atomic E-state index is 11.7. The van der Waals surface area contributed by atoms with Gasteiger partial charge in [-0.05, 0) is 39.3 Å². The minimum Gasteiger partial charge on any atom is -0.356 e. The van der Waals surface area contributed by atoms with Gasteiger partial charge in [-0.15, -0.1) is 0 Å². The summed E-state index contributed by atoms with van der Waals surface area (Å²) in [6.45, 7) is 5.22. The van der Waals surface area contributed by atoms with E-state index >= 15 is 0 Å². The number of carbonyl (C=O) groups excluding carboxylic acids is 1. The highest BCUT2D eigenvalue weighted by molar-refractivity contribution is 5.75. The molecule has 0 bridgehead atoms. The average Bonchev–Trinajstić information content (AvgIpc) is 3.08. The van der Waals surface area contributed by atoms with Crippen molar-refractivity contribution in [3.8, 4) is 0 Å². The van der Waals surface area contributed by atoms with E-state index in [0.717, 1.165) is 18.5 Å². The van der Waals surface area contributed by atoms with Crippen molar-refractivity contribution in [2.45, 2.75) is 45.1 Å². The van der Waals surface area contributed by atoms with Crippen molar-refractivity contribution in [3.63, 3.8) is 0 Å². The van der Waals surface area contributed by atoms with Crippen LogP contribution in [0.25, 0.3) is 0 Å². The van der Waals surface area contributed by atoms with Crippen molar-refractivity contribution in [2.75, 3.05) is 19.6 Å². The van der Waals surface area contributed by atoms with Crippen molar-refractivity contribution in [2.24, 2.45) is 0 Å². The molecule has 1 unspecified atom stereocenters. The third-order valence-electron chi connectivity index (χ3n) is 3.72. The zero-order valence-corrected chi connectivity index (χ0v) is 11.6. The molecule has 1 atom stereocenters. The fraction of sp³-hybridized carbons (Fsp3) is 0.769. The van der Waals surface area contributed by atoms with E-state index in [1.807, 2.05) is 0 Å². The van der Waals surface area contributed by atoms with Crippen LogP contribution in [0, 0.1) is 0 Å². The van der Waals surface area contributed by atoms with Crippen molar-refractivity contribution >= 4 is 5.91 Å². The minimum atomic E-state index is 0.134. The zero-order chi connectivity index (χ0) is 13.5. The Bertz CT molecular complexity index is 372. The van der Waals surface area contributed by atoms with Crippen LogP contribution in [0.15, 0.2) is 6.20 Å². The number of nitrogens with zero attached hydrogens (tertiary/aromatic N) is 3. The minimum absolute atomic E-state index is 0.134. The number of rotatable bonds is 7. The Balaban J connectivity index is 1.56. The Morgan fingerprint density at radius 2 is 2.32 bits per heavy atom. The SMILES string of the molecule is CC(CCC(=O)NCCc1cn[nH]n1)N1CCCC1. The Morgan fingerprint density at radius 1 is 1.53 bits per heavy atom. The number of hydrogen-bond acceptors (Lipinski definition) is 4. The van der Waals surface area contributed by atoms with E-state index in [1.54, 1.807) is 6.20 Å². The molecule has 6 heteroatoms. The first-order valence-corrected chi connectivity index (χ1v) is 7.11. The highest BCUT2D eigenvalue weighted by atomic mass is 16.1. The monoisotopic (exact) mass is 265 g/mol. The molecule has 1 fully saturated rings. The number of carbonyl (C=O) groups is 1. The summed E-state index contributed by atoms with van der Waals surface area (Å²) in [4.78, 5) is 14.2. The van der Waals surface area contributed by atoms with E-state index in [2.05, 4.69) is 32.6 Å². The van der Waals surface area contributed by atoms with Gasteiger partial charge in [-0.1, -0.05) is 0 Å². The molecule has 19 heavy (non-hydrogen) atoms. The Morgan fingerprint density at radius 3 is 3.00 bits per heavy atom. The second kappa shape index (κ2) is 7.23. The van der Waals surface area contributed by atoms with E-state index in [9.17, 15) is 4.79 Å². The first-order chi connectivity index (χ1) is 9.25. The van der Waals surface area contributed by atoms with Crippen LogP contribution in [-0.2, 0) is 11.2 Å². The van der Waals surface area contributed by atoms with Gasteiger partial charge in [0, 0.05) is 25.4 Å². The molecule has 2 heterocycles. The number of H-pyrrole nitrogens is 1. The Kier molecular flexibility index (Phi) is 5.32. The number of likely N-dealkylation sites (tertiary alicyclic amines) is 1. The molecule has 1 aromatic heterocycles. The summed E-state index contributed by atoms with van der Waals surface area (Å²) in [5, 5.41) is 13.2. The molecule has 1 saturated heterocycles. The normalized spacial score (nSPS) is 17.5. The van der Waals surface area contributed by atoms with E-state index < -0.39 is 0 Å². The van der Waals surface area contributed by atoms with Crippen molar-refractivity contribution in [1.29, 1.82) is 0 Å². The van der Waals surface area contributed by atoms with Crippen LogP contribution >= 0.6 is 0 Å². The highest BCUT2D eigenvalue weighted by Gasteiger charge is 2.18. The topological polar surface area (TPSA) is 73.9 Å². The van der Waals surface area contributed by atoms with E-state index in [4.69, 9.17) is 0 Å². The second-order valence-electron chi connectivity index (χ2n) is 5.19. The van der Waals surface area contributed by atoms with Crippen LogP contribution in [0.4, 0.5) is 0 Å². The molecule has 0 spiro atoms. The van der Waals surface area contributed by atoms with Gasteiger partial charge in [0.15, 0.2) is 0 Å². The molecule has 1 aromatic rings. The summed E-state index contributed by atoms with van der Waals surface area (Å²) >= 11 is 0. The number of aromatic nitrogens is 3. The molecule has 0 aromatic carbocycles. The first-order valence-electron chi connectivity index (χ1n) is 7.11. The smallest absolute Gasteiger partial charge is 0.220 e. The number of nitrogens with one attached hydrogen (secondary N) is 2. The van der Waals surface area contributed by atoms with Gasteiger partial charge in [-0.25, -0.2) is 0 Å². The predicted octanol–water partition coefficient (Wildman–Crippen LogP) is 0.728. The van der Waals surface area contributed by atoms with Crippen molar-refractivity contribution < 1.29 is 4.79 Å². The molecular formula is C13H23N5O. The molecule has 106 valence electrons. The molecule has 1 aliphatic rings. The van der Waals surface area contributed by atoms with Gasteiger partial charge in [0.1, 0.15) is 0 Å². The maximum atomic E-state index is 11.7. The number of aromatic amines is 1. The Labute approximate surface area is 113 Å². The van der Waals surface area contributed by atoms with Gasteiger partial charge in [0.05, 0.1) is 11.9 Å². The molecule has 2 rings (SSSR count). The van der Waals surface area contributed by atoms with Crippen LogP contribution in [0.3, 0.4) is 0 Å². The van der Waals surface area contributed by atoms with Crippen LogP contribution < -0.4 is 5.32 Å². The van der Waals surface area contributed by atoms with Gasteiger partial charge in [-0.2, -0.15) is 15.4 Å². The summed E-state index contributed by atoms with van der Waals surface area (Å²) in [5.41, 5.74) is 0.880. The van der Waals surface area contributed by atoms with Gasteiger partial charge in [0.25, 0.3) is 0 Å². The summed E-state index contributed by atoms with van der Waals surface area (Å²) in [6.07, 6.45) is 6.56. The lowest BCUT2D eigenvalue weighted by molar-refractivity contribution is -0.121.